The van der Waals surface area contributed by atoms with E-state index in [-0.39, 0.29) is 5.41 Å². The lowest BCUT2D eigenvalue weighted by atomic mass is 9.95. The number of aryl methyl sites for hydroxylation is 1. The van der Waals surface area contributed by atoms with Crippen LogP contribution >= 0.6 is 11.3 Å². The van der Waals surface area contributed by atoms with Crippen molar-refractivity contribution in [2.24, 2.45) is 9.98 Å². The molecular formula is C24H31N3S. The number of benzene rings is 2. The fourth-order valence-corrected chi connectivity index (χ4v) is 4.14. The highest BCUT2D eigenvalue weighted by molar-refractivity contribution is 7.09. The van der Waals surface area contributed by atoms with Crippen LogP contribution in [0.1, 0.15) is 58.8 Å². The highest BCUT2D eigenvalue weighted by Crippen LogP contribution is 2.27. The third kappa shape index (κ3) is 4.79. The predicted octanol–water partition coefficient (Wildman–Crippen LogP) is 6.84. The summed E-state index contributed by atoms with van der Waals surface area (Å²) in [7, 11) is 0. The molecule has 0 atom stereocenters. The molecule has 0 N–H and O–H groups in total. The zero-order valence-electron chi connectivity index (χ0n) is 17.7. The first kappa shape index (κ1) is 20.5. The first-order valence-electron chi connectivity index (χ1n) is 10.2. The predicted molar refractivity (Wildman–Crippen MR) is 123 cm³/mol. The monoisotopic (exact) mass is 393 g/mol. The quantitative estimate of drug-likeness (QED) is 0.335. The summed E-state index contributed by atoms with van der Waals surface area (Å²) in [6.45, 7) is 12.1. The van der Waals surface area contributed by atoms with Crippen molar-refractivity contribution in [3.8, 4) is 0 Å². The highest BCUT2D eigenvalue weighted by Gasteiger charge is 2.17. The van der Waals surface area contributed by atoms with Crippen molar-refractivity contribution < 1.29 is 0 Å². The minimum Gasteiger partial charge on any atom is -0.323 e. The molecule has 0 amide bonds. The van der Waals surface area contributed by atoms with Crippen molar-refractivity contribution in [3.63, 3.8) is 0 Å². The first-order valence-corrected chi connectivity index (χ1v) is 11.0. The Balaban J connectivity index is 2.08. The maximum absolute atomic E-state index is 5.00. The van der Waals surface area contributed by atoms with E-state index in [4.69, 9.17) is 9.98 Å². The van der Waals surface area contributed by atoms with E-state index in [1.807, 2.05) is 0 Å². The van der Waals surface area contributed by atoms with Gasteiger partial charge < -0.3 is 4.57 Å². The van der Waals surface area contributed by atoms with Crippen LogP contribution in [0.15, 0.2) is 58.6 Å². The maximum Gasteiger partial charge on any atom is 0.191 e. The van der Waals surface area contributed by atoms with E-state index in [2.05, 4.69) is 87.8 Å². The largest absolute Gasteiger partial charge is 0.323 e. The Morgan fingerprint density at radius 1 is 1.04 bits per heavy atom. The van der Waals surface area contributed by atoms with Gasteiger partial charge in [0, 0.05) is 29.4 Å². The van der Waals surface area contributed by atoms with Crippen LogP contribution in [-0.2, 0) is 12.0 Å². The first-order chi connectivity index (χ1) is 13.4. The molecule has 0 radical (unpaired) electrons. The molecule has 0 saturated carbocycles. The Bertz CT molecular complexity index is 1030. The van der Waals surface area contributed by atoms with Gasteiger partial charge in [-0.05, 0) is 23.3 Å². The van der Waals surface area contributed by atoms with Crippen molar-refractivity contribution in [2.75, 3.05) is 0 Å². The Labute approximate surface area is 172 Å². The van der Waals surface area contributed by atoms with Crippen molar-refractivity contribution in [1.82, 2.24) is 4.57 Å². The molecule has 28 heavy (non-hydrogen) atoms. The molecule has 0 spiro atoms. The molecule has 3 nitrogen and oxygen atoms in total. The number of fused-ring (bicyclic) bond motifs is 1. The lowest BCUT2D eigenvalue weighted by Crippen LogP contribution is -2.16. The standard InChI is InChI=1S/C24H31N3S/c1-6-8-16-27-17-21(24(3,4)5)28-23(27)26-22(7-2)25-20-15-11-13-18-12-9-10-14-19(18)20/h9-15,17H,6-8,16H2,1-5H3/b25-22?,26-23-. The Hall–Kier alpha value is -2.20. The van der Waals surface area contributed by atoms with Crippen molar-refractivity contribution in [3.05, 3.63) is 58.3 Å². The summed E-state index contributed by atoms with van der Waals surface area (Å²) in [5, 5.41) is 2.38. The van der Waals surface area contributed by atoms with Crippen LogP contribution in [0.4, 0.5) is 5.69 Å². The van der Waals surface area contributed by atoms with Crippen LogP contribution in [0.2, 0.25) is 0 Å². The van der Waals surface area contributed by atoms with E-state index in [1.54, 1.807) is 11.3 Å². The van der Waals surface area contributed by atoms with Crippen LogP contribution < -0.4 is 4.80 Å². The molecule has 3 rings (SSSR count). The molecule has 0 aliphatic carbocycles. The SMILES string of the molecule is CCCCn1cc(C(C)(C)C)s/c1=N\C(CC)=Nc1cccc2ccccc12. The zero-order valence-corrected chi connectivity index (χ0v) is 18.5. The minimum atomic E-state index is 0.131. The Kier molecular flexibility index (Phi) is 6.50. The topological polar surface area (TPSA) is 29.6 Å². The molecule has 1 aromatic heterocycles. The fourth-order valence-electron chi connectivity index (χ4n) is 3.04. The molecule has 0 aliphatic heterocycles. The van der Waals surface area contributed by atoms with Gasteiger partial charge >= 0.3 is 0 Å². The number of hydrogen-bond donors (Lipinski definition) is 0. The molecule has 4 heteroatoms. The highest BCUT2D eigenvalue weighted by atomic mass is 32.1. The van der Waals surface area contributed by atoms with Gasteiger partial charge in [0.15, 0.2) is 4.80 Å². The second-order valence-electron chi connectivity index (χ2n) is 8.17. The van der Waals surface area contributed by atoms with Gasteiger partial charge in [-0.2, -0.15) is 0 Å². The normalized spacial score (nSPS) is 13.5. The number of thiazole rings is 1. The molecule has 148 valence electrons. The van der Waals surface area contributed by atoms with E-state index in [9.17, 15) is 0 Å². The molecule has 0 aliphatic rings. The summed E-state index contributed by atoms with van der Waals surface area (Å²) in [5.74, 6) is 0.879. The molecule has 0 saturated heterocycles. The summed E-state index contributed by atoms with van der Waals surface area (Å²) in [6.07, 6.45) is 5.43. The molecule has 2 aromatic carbocycles. The van der Waals surface area contributed by atoms with Gasteiger partial charge in [-0.25, -0.2) is 9.98 Å². The number of nitrogens with zero attached hydrogens (tertiary/aromatic N) is 3. The summed E-state index contributed by atoms with van der Waals surface area (Å²) in [4.78, 5) is 12.4. The average Bonchev–Trinajstić information content (AvgIpc) is 3.09. The van der Waals surface area contributed by atoms with Crippen molar-refractivity contribution >= 4 is 33.6 Å². The average molecular weight is 394 g/mol. The van der Waals surface area contributed by atoms with Crippen molar-refractivity contribution in [1.29, 1.82) is 0 Å². The van der Waals surface area contributed by atoms with Gasteiger partial charge in [-0.1, -0.05) is 77.4 Å². The Morgan fingerprint density at radius 3 is 2.50 bits per heavy atom. The van der Waals surface area contributed by atoms with Crippen molar-refractivity contribution in [2.45, 2.75) is 65.8 Å². The lowest BCUT2D eigenvalue weighted by molar-refractivity contribution is 0.582. The molecule has 0 unspecified atom stereocenters. The summed E-state index contributed by atoms with van der Waals surface area (Å²) in [5.41, 5.74) is 1.12. The smallest absolute Gasteiger partial charge is 0.191 e. The molecule has 1 heterocycles. The van der Waals surface area contributed by atoms with Crippen LogP contribution in [0.3, 0.4) is 0 Å². The van der Waals surface area contributed by atoms with Crippen LogP contribution in [0.5, 0.6) is 0 Å². The van der Waals surface area contributed by atoms with Gasteiger partial charge in [0.25, 0.3) is 0 Å². The number of amidine groups is 1. The second kappa shape index (κ2) is 8.87. The number of aliphatic imine (C=N–C) groups is 1. The zero-order chi connectivity index (χ0) is 20.1. The molecule has 3 aromatic rings. The van der Waals surface area contributed by atoms with E-state index in [0.29, 0.717) is 0 Å². The van der Waals surface area contributed by atoms with Gasteiger partial charge in [0.05, 0.1) is 5.69 Å². The van der Waals surface area contributed by atoms with E-state index in [0.717, 1.165) is 35.7 Å². The number of rotatable bonds is 5. The molecule has 0 bridgehead atoms. The second-order valence-corrected chi connectivity index (χ2v) is 9.18. The summed E-state index contributed by atoms with van der Waals surface area (Å²) in [6, 6.07) is 14.7. The summed E-state index contributed by atoms with van der Waals surface area (Å²) >= 11 is 1.79. The lowest BCUT2D eigenvalue weighted by Gasteiger charge is -2.14. The Morgan fingerprint density at radius 2 is 1.79 bits per heavy atom. The van der Waals surface area contributed by atoms with Crippen LogP contribution in [-0.4, -0.2) is 10.4 Å². The summed E-state index contributed by atoms with van der Waals surface area (Å²) < 4.78 is 2.31. The van der Waals surface area contributed by atoms with Crippen LogP contribution in [0.25, 0.3) is 10.8 Å². The van der Waals surface area contributed by atoms with Gasteiger partial charge in [-0.15, -0.1) is 11.3 Å². The number of aromatic nitrogens is 1. The van der Waals surface area contributed by atoms with Gasteiger partial charge in [-0.3, -0.25) is 0 Å². The minimum absolute atomic E-state index is 0.131. The fraction of sp³-hybridized carbons (Fsp3) is 0.417. The number of hydrogen-bond acceptors (Lipinski definition) is 2. The van der Waals surface area contributed by atoms with E-state index >= 15 is 0 Å². The van der Waals surface area contributed by atoms with Gasteiger partial charge in [0.2, 0.25) is 0 Å². The molecule has 0 fully saturated rings. The van der Waals surface area contributed by atoms with Gasteiger partial charge in [0.1, 0.15) is 5.84 Å². The third-order valence-electron chi connectivity index (χ3n) is 4.77. The molecular weight excluding hydrogens is 362 g/mol. The van der Waals surface area contributed by atoms with E-state index < -0.39 is 0 Å². The third-order valence-corrected chi connectivity index (χ3v) is 6.21. The van der Waals surface area contributed by atoms with Crippen LogP contribution in [0, 0.1) is 0 Å². The number of unbranched alkanes of at least 4 members (excludes halogenated alkanes) is 1. The maximum atomic E-state index is 5.00. The van der Waals surface area contributed by atoms with E-state index in [1.165, 1.54) is 22.1 Å².